The SMILES string of the molecule is CCN(CC)CCCN(CC)C1CCCCCC1NC. The van der Waals surface area contributed by atoms with E-state index in [2.05, 4.69) is 42.9 Å². The lowest BCUT2D eigenvalue weighted by molar-refractivity contribution is 0.149. The van der Waals surface area contributed by atoms with Crippen molar-refractivity contribution in [3.8, 4) is 0 Å². The van der Waals surface area contributed by atoms with Crippen LogP contribution in [0, 0.1) is 0 Å². The third-order valence-corrected chi connectivity index (χ3v) is 5.04. The summed E-state index contributed by atoms with van der Waals surface area (Å²) in [5.74, 6) is 0. The molecule has 0 aromatic rings. The zero-order chi connectivity index (χ0) is 14.8. The van der Waals surface area contributed by atoms with Gasteiger partial charge in [-0.3, -0.25) is 4.90 Å². The highest BCUT2D eigenvalue weighted by molar-refractivity contribution is 4.85. The summed E-state index contributed by atoms with van der Waals surface area (Å²) in [6, 6.07) is 1.45. The fourth-order valence-corrected chi connectivity index (χ4v) is 3.66. The molecule has 20 heavy (non-hydrogen) atoms. The molecule has 0 aliphatic heterocycles. The number of hydrogen-bond donors (Lipinski definition) is 1. The number of nitrogens with zero attached hydrogens (tertiary/aromatic N) is 2. The molecule has 1 saturated carbocycles. The van der Waals surface area contributed by atoms with Crippen molar-refractivity contribution >= 4 is 0 Å². The zero-order valence-electron chi connectivity index (χ0n) is 14.3. The summed E-state index contributed by atoms with van der Waals surface area (Å²) in [4.78, 5) is 5.27. The van der Waals surface area contributed by atoms with Crippen LogP contribution in [0.2, 0.25) is 0 Å². The highest BCUT2D eigenvalue weighted by Gasteiger charge is 2.26. The van der Waals surface area contributed by atoms with Crippen LogP contribution in [0.15, 0.2) is 0 Å². The summed E-state index contributed by atoms with van der Waals surface area (Å²) in [7, 11) is 2.15. The normalized spacial score (nSPS) is 24.3. The van der Waals surface area contributed by atoms with E-state index in [0.717, 1.165) is 6.04 Å². The van der Waals surface area contributed by atoms with E-state index in [1.165, 1.54) is 71.2 Å². The standard InChI is InChI=1S/C17H37N3/c1-5-19(6-2)14-11-15-20(7-3)17-13-10-8-9-12-16(17)18-4/h16-18H,5-15H2,1-4H3. The lowest BCUT2D eigenvalue weighted by Gasteiger charge is -2.36. The number of likely N-dealkylation sites (N-methyl/N-ethyl adjacent to an activating group) is 2. The molecule has 0 heterocycles. The maximum Gasteiger partial charge on any atom is 0.0249 e. The Morgan fingerprint density at radius 2 is 1.60 bits per heavy atom. The van der Waals surface area contributed by atoms with E-state index in [1.807, 2.05) is 0 Å². The quantitative estimate of drug-likeness (QED) is 0.656. The fourth-order valence-electron chi connectivity index (χ4n) is 3.66. The number of rotatable bonds is 9. The molecule has 3 heteroatoms. The Morgan fingerprint density at radius 3 is 2.20 bits per heavy atom. The van der Waals surface area contributed by atoms with Crippen LogP contribution in [0.1, 0.15) is 59.3 Å². The average molecular weight is 284 g/mol. The molecule has 0 amide bonds. The van der Waals surface area contributed by atoms with Gasteiger partial charge in [-0.05, 0) is 59.0 Å². The van der Waals surface area contributed by atoms with E-state index in [0.29, 0.717) is 6.04 Å². The van der Waals surface area contributed by atoms with Gasteiger partial charge in [0.25, 0.3) is 0 Å². The molecule has 0 bridgehead atoms. The lowest BCUT2D eigenvalue weighted by Crippen LogP contribution is -2.49. The van der Waals surface area contributed by atoms with Crippen LogP contribution in [0.25, 0.3) is 0 Å². The van der Waals surface area contributed by atoms with Crippen molar-refractivity contribution in [3.63, 3.8) is 0 Å². The molecule has 1 N–H and O–H groups in total. The number of hydrogen-bond acceptors (Lipinski definition) is 3. The topological polar surface area (TPSA) is 18.5 Å². The molecular weight excluding hydrogens is 246 g/mol. The Kier molecular flexibility index (Phi) is 9.49. The molecule has 1 fully saturated rings. The van der Waals surface area contributed by atoms with Gasteiger partial charge in [0, 0.05) is 12.1 Å². The summed E-state index contributed by atoms with van der Waals surface area (Å²) < 4.78 is 0. The van der Waals surface area contributed by atoms with E-state index >= 15 is 0 Å². The van der Waals surface area contributed by atoms with Crippen molar-refractivity contribution in [1.29, 1.82) is 0 Å². The summed E-state index contributed by atoms with van der Waals surface area (Å²) >= 11 is 0. The molecule has 1 rings (SSSR count). The smallest absolute Gasteiger partial charge is 0.0249 e. The minimum Gasteiger partial charge on any atom is -0.315 e. The van der Waals surface area contributed by atoms with Gasteiger partial charge in [0.05, 0.1) is 0 Å². The largest absolute Gasteiger partial charge is 0.315 e. The van der Waals surface area contributed by atoms with Crippen molar-refractivity contribution in [2.45, 2.75) is 71.4 Å². The van der Waals surface area contributed by atoms with E-state index in [9.17, 15) is 0 Å². The van der Waals surface area contributed by atoms with Crippen LogP contribution in [-0.4, -0.2) is 61.7 Å². The van der Waals surface area contributed by atoms with Crippen molar-refractivity contribution in [1.82, 2.24) is 15.1 Å². The van der Waals surface area contributed by atoms with Gasteiger partial charge >= 0.3 is 0 Å². The molecule has 3 nitrogen and oxygen atoms in total. The van der Waals surface area contributed by atoms with Gasteiger partial charge in [-0.2, -0.15) is 0 Å². The fraction of sp³-hybridized carbons (Fsp3) is 1.00. The predicted octanol–water partition coefficient (Wildman–Crippen LogP) is 2.96. The highest BCUT2D eigenvalue weighted by Crippen LogP contribution is 2.22. The maximum atomic E-state index is 3.58. The van der Waals surface area contributed by atoms with Crippen LogP contribution in [-0.2, 0) is 0 Å². The third kappa shape index (κ3) is 5.71. The first-order chi connectivity index (χ1) is 9.76. The van der Waals surface area contributed by atoms with Crippen molar-refractivity contribution in [2.24, 2.45) is 0 Å². The lowest BCUT2D eigenvalue weighted by atomic mass is 10.0. The van der Waals surface area contributed by atoms with Gasteiger partial charge in [-0.1, -0.05) is 40.0 Å². The van der Waals surface area contributed by atoms with Gasteiger partial charge in [0.1, 0.15) is 0 Å². The first kappa shape index (κ1) is 17.9. The molecule has 1 aliphatic carbocycles. The third-order valence-electron chi connectivity index (χ3n) is 5.04. The van der Waals surface area contributed by atoms with Crippen LogP contribution in [0.5, 0.6) is 0 Å². The molecule has 0 radical (unpaired) electrons. The Labute approximate surface area is 127 Å². The first-order valence-electron chi connectivity index (χ1n) is 8.90. The van der Waals surface area contributed by atoms with Gasteiger partial charge in [0.15, 0.2) is 0 Å². The monoisotopic (exact) mass is 283 g/mol. The van der Waals surface area contributed by atoms with Crippen LogP contribution in [0.3, 0.4) is 0 Å². The Hall–Kier alpha value is -0.120. The van der Waals surface area contributed by atoms with Gasteiger partial charge in [-0.15, -0.1) is 0 Å². The maximum absolute atomic E-state index is 3.58. The zero-order valence-corrected chi connectivity index (χ0v) is 14.3. The van der Waals surface area contributed by atoms with Gasteiger partial charge < -0.3 is 10.2 Å². The molecule has 0 aromatic carbocycles. The second kappa shape index (κ2) is 10.6. The summed E-state index contributed by atoms with van der Waals surface area (Å²) in [6.45, 7) is 12.9. The van der Waals surface area contributed by atoms with Crippen LogP contribution < -0.4 is 5.32 Å². The molecule has 2 unspecified atom stereocenters. The minimum absolute atomic E-state index is 0.700. The highest BCUT2D eigenvalue weighted by atomic mass is 15.2. The van der Waals surface area contributed by atoms with Crippen LogP contribution >= 0.6 is 0 Å². The summed E-state index contributed by atoms with van der Waals surface area (Å²) in [5.41, 5.74) is 0. The molecular formula is C17H37N3. The molecule has 0 aromatic heterocycles. The van der Waals surface area contributed by atoms with Crippen molar-refractivity contribution in [3.05, 3.63) is 0 Å². The molecule has 2 atom stereocenters. The van der Waals surface area contributed by atoms with E-state index in [4.69, 9.17) is 0 Å². The van der Waals surface area contributed by atoms with E-state index in [1.54, 1.807) is 0 Å². The van der Waals surface area contributed by atoms with E-state index < -0.39 is 0 Å². The van der Waals surface area contributed by atoms with Crippen molar-refractivity contribution < 1.29 is 0 Å². The molecule has 120 valence electrons. The average Bonchev–Trinajstić information content (AvgIpc) is 2.73. The summed E-state index contributed by atoms with van der Waals surface area (Å²) in [5, 5.41) is 3.58. The van der Waals surface area contributed by atoms with Crippen molar-refractivity contribution in [2.75, 3.05) is 39.8 Å². The Morgan fingerprint density at radius 1 is 0.900 bits per heavy atom. The van der Waals surface area contributed by atoms with E-state index in [-0.39, 0.29) is 0 Å². The first-order valence-corrected chi connectivity index (χ1v) is 8.90. The molecule has 0 saturated heterocycles. The predicted molar refractivity (Wildman–Crippen MR) is 89.4 cm³/mol. The minimum atomic E-state index is 0.700. The second-order valence-electron chi connectivity index (χ2n) is 6.11. The Bertz CT molecular complexity index is 228. The second-order valence-corrected chi connectivity index (χ2v) is 6.11. The Balaban J connectivity index is 2.45. The van der Waals surface area contributed by atoms with Gasteiger partial charge in [0.2, 0.25) is 0 Å². The van der Waals surface area contributed by atoms with Crippen LogP contribution in [0.4, 0.5) is 0 Å². The molecule has 1 aliphatic rings. The number of nitrogens with one attached hydrogen (secondary N) is 1. The van der Waals surface area contributed by atoms with Gasteiger partial charge in [-0.25, -0.2) is 0 Å². The summed E-state index contributed by atoms with van der Waals surface area (Å²) in [6.07, 6.45) is 8.28. The molecule has 0 spiro atoms.